The Balaban J connectivity index is 2.70. The van der Waals surface area contributed by atoms with Crippen LogP contribution < -0.4 is 0 Å². The van der Waals surface area contributed by atoms with E-state index < -0.39 is 5.54 Å². The summed E-state index contributed by atoms with van der Waals surface area (Å²) in [5.74, 6) is 1.92. The van der Waals surface area contributed by atoms with Crippen LogP contribution in [0, 0.1) is 26.2 Å². The molecule has 2 rings (SSSR count). The van der Waals surface area contributed by atoms with Gasteiger partial charge in [0.1, 0.15) is 5.54 Å². The van der Waals surface area contributed by atoms with Crippen molar-refractivity contribution in [2.45, 2.75) is 33.2 Å². The van der Waals surface area contributed by atoms with Gasteiger partial charge in [-0.05, 0) is 38.8 Å². The Morgan fingerprint density at radius 2 is 1.44 bits per heavy atom. The molecule has 3 nitrogen and oxygen atoms in total. The number of hydrogen-bond donors (Lipinski definition) is 0. The lowest BCUT2D eigenvalue weighted by Gasteiger charge is -2.28. The third-order valence-corrected chi connectivity index (χ3v) is 3.37. The van der Waals surface area contributed by atoms with Crippen molar-refractivity contribution >= 4 is 11.8 Å². The van der Waals surface area contributed by atoms with E-state index in [9.17, 15) is 9.59 Å². The normalized spacial score (nSPS) is 14.7. The standard InChI is InChI=1S/C15H15NO2/c1-6-15(4,5)16-13(17)11-9(2)7-8-10(3)12(11)14(16)18/h1,7-8H,2-5H3. The number of benzene rings is 1. The number of aryl methyl sites for hydroxylation is 2. The van der Waals surface area contributed by atoms with E-state index in [0.29, 0.717) is 11.1 Å². The molecule has 0 spiro atoms. The molecular formula is C15H15NO2. The zero-order valence-corrected chi connectivity index (χ0v) is 11.0. The van der Waals surface area contributed by atoms with Gasteiger partial charge in [-0.1, -0.05) is 18.1 Å². The van der Waals surface area contributed by atoms with E-state index >= 15 is 0 Å². The first kappa shape index (κ1) is 12.4. The molecule has 0 fully saturated rings. The molecule has 0 aliphatic carbocycles. The summed E-state index contributed by atoms with van der Waals surface area (Å²) in [6.07, 6.45) is 5.43. The second-order valence-electron chi connectivity index (χ2n) is 5.10. The maximum atomic E-state index is 12.4. The Bertz CT molecular complexity index is 565. The summed E-state index contributed by atoms with van der Waals surface area (Å²) in [7, 11) is 0. The molecule has 0 bridgehead atoms. The van der Waals surface area contributed by atoms with Crippen molar-refractivity contribution in [2.24, 2.45) is 0 Å². The van der Waals surface area contributed by atoms with Crippen LogP contribution >= 0.6 is 0 Å². The van der Waals surface area contributed by atoms with Crippen molar-refractivity contribution in [3.8, 4) is 12.3 Å². The summed E-state index contributed by atoms with van der Waals surface area (Å²) in [4.78, 5) is 26.0. The zero-order chi connectivity index (χ0) is 13.7. The third kappa shape index (κ3) is 1.46. The summed E-state index contributed by atoms with van der Waals surface area (Å²) >= 11 is 0. The molecule has 1 heterocycles. The van der Waals surface area contributed by atoms with E-state index in [1.54, 1.807) is 13.8 Å². The van der Waals surface area contributed by atoms with Gasteiger partial charge in [0.2, 0.25) is 0 Å². The number of rotatable bonds is 1. The highest BCUT2D eigenvalue weighted by Gasteiger charge is 2.44. The third-order valence-electron chi connectivity index (χ3n) is 3.37. The van der Waals surface area contributed by atoms with Crippen molar-refractivity contribution < 1.29 is 9.59 Å². The highest BCUT2D eigenvalue weighted by atomic mass is 16.2. The lowest BCUT2D eigenvalue weighted by Crippen LogP contribution is -2.46. The topological polar surface area (TPSA) is 37.4 Å². The Kier molecular flexibility index (Phi) is 2.55. The van der Waals surface area contributed by atoms with Gasteiger partial charge >= 0.3 is 0 Å². The molecule has 1 aliphatic rings. The van der Waals surface area contributed by atoms with E-state index in [2.05, 4.69) is 5.92 Å². The minimum atomic E-state index is -0.911. The zero-order valence-electron chi connectivity index (χ0n) is 11.0. The van der Waals surface area contributed by atoms with E-state index in [1.165, 1.54) is 4.90 Å². The highest BCUT2D eigenvalue weighted by molar-refractivity contribution is 6.23. The molecule has 92 valence electrons. The minimum Gasteiger partial charge on any atom is -0.269 e. The molecule has 1 aromatic rings. The fourth-order valence-corrected chi connectivity index (χ4v) is 2.25. The molecule has 2 amide bonds. The number of carbonyl (C=O) groups is 2. The first-order valence-electron chi connectivity index (χ1n) is 5.78. The Hall–Kier alpha value is -2.08. The number of carbonyl (C=O) groups excluding carboxylic acids is 2. The largest absolute Gasteiger partial charge is 0.269 e. The van der Waals surface area contributed by atoms with Gasteiger partial charge in [-0.25, -0.2) is 0 Å². The quantitative estimate of drug-likeness (QED) is 0.559. The SMILES string of the molecule is C#CC(C)(C)N1C(=O)c2c(C)ccc(C)c2C1=O. The van der Waals surface area contributed by atoms with Gasteiger partial charge in [0.15, 0.2) is 0 Å². The predicted octanol–water partition coefficient (Wildman–Crippen LogP) is 2.31. The van der Waals surface area contributed by atoms with Crippen LogP contribution in [0.15, 0.2) is 12.1 Å². The number of fused-ring (bicyclic) bond motifs is 1. The predicted molar refractivity (Wildman–Crippen MR) is 69.3 cm³/mol. The summed E-state index contributed by atoms with van der Waals surface area (Å²) in [5.41, 5.74) is 1.69. The maximum Gasteiger partial charge on any atom is 0.263 e. The molecular weight excluding hydrogens is 226 g/mol. The van der Waals surface area contributed by atoms with E-state index in [0.717, 1.165) is 11.1 Å². The number of terminal acetylenes is 1. The molecule has 18 heavy (non-hydrogen) atoms. The van der Waals surface area contributed by atoms with Gasteiger partial charge in [-0.2, -0.15) is 0 Å². The molecule has 0 N–H and O–H groups in total. The van der Waals surface area contributed by atoms with Crippen LogP contribution in [0.4, 0.5) is 0 Å². The van der Waals surface area contributed by atoms with Crippen LogP contribution in [0.1, 0.15) is 45.7 Å². The molecule has 0 radical (unpaired) electrons. The first-order chi connectivity index (χ1) is 8.31. The average molecular weight is 241 g/mol. The summed E-state index contributed by atoms with van der Waals surface area (Å²) < 4.78 is 0. The van der Waals surface area contributed by atoms with Crippen LogP contribution in [0.25, 0.3) is 0 Å². The highest BCUT2D eigenvalue weighted by Crippen LogP contribution is 2.32. The van der Waals surface area contributed by atoms with Crippen LogP contribution in [0.2, 0.25) is 0 Å². The number of hydrogen-bond acceptors (Lipinski definition) is 2. The van der Waals surface area contributed by atoms with Crippen molar-refractivity contribution in [1.82, 2.24) is 4.90 Å². The van der Waals surface area contributed by atoms with Crippen molar-refractivity contribution in [3.05, 3.63) is 34.4 Å². The fourth-order valence-electron chi connectivity index (χ4n) is 2.25. The smallest absolute Gasteiger partial charge is 0.263 e. The van der Waals surface area contributed by atoms with Crippen LogP contribution in [0.3, 0.4) is 0 Å². The minimum absolute atomic E-state index is 0.292. The van der Waals surface area contributed by atoms with Crippen LogP contribution in [0.5, 0.6) is 0 Å². The second kappa shape index (κ2) is 3.71. The van der Waals surface area contributed by atoms with Crippen molar-refractivity contribution in [3.63, 3.8) is 0 Å². The number of amides is 2. The number of nitrogens with zero attached hydrogens (tertiary/aromatic N) is 1. The molecule has 0 unspecified atom stereocenters. The Morgan fingerprint density at radius 1 is 1.06 bits per heavy atom. The lowest BCUT2D eigenvalue weighted by molar-refractivity contribution is 0.0551. The van der Waals surface area contributed by atoms with Gasteiger partial charge in [0, 0.05) is 0 Å². The first-order valence-corrected chi connectivity index (χ1v) is 5.78. The summed E-state index contributed by atoms with van der Waals surface area (Å²) in [6, 6.07) is 3.71. The lowest BCUT2D eigenvalue weighted by atomic mass is 9.99. The van der Waals surface area contributed by atoms with E-state index in [4.69, 9.17) is 6.42 Å². The van der Waals surface area contributed by atoms with E-state index in [-0.39, 0.29) is 11.8 Å². The van der Waals surface area contributed by atoms with Crippen molar-refractivity contribution in [2.75, 3.05) is 0 Å². The maximum absolute atomic E-state index is 12.4. The molecule has 1 aromatic carbocycles. The molecule has 0 saturated heterocycles. The van der Waals surface area contributed by atoms with Crippen molar-refractivity contribution in [1.29, 1.82) is 0 Å². The van der Waals surface area contributed by atoms with Gasteiger partial charge in [0.25, 0.3) is 11.8 Å². The summed E-state index contributed by atoms with van der Waals surface area (Å²) in [5, 5.41) is 0. The molecule has 3 heteroatoms. The summed E-state index contributed by atoms with van der Waals surface area (Å²) in [6.45, 7) is 7.05. The van der Waals surface area contributed by atoms with Gasteiger partial charge in [-0.15, -0.1) is 6.42 Å². The molecule has 0 saturated carbocycles. The average Bonchev–Trinajstić information content (AvgIpc) is 2.58. The second-order valence-corrected chi connectivity index (χ2v) is 5.10. The van der Waals surface area contributed by atoms with Gasteiger partial charge in [-0.3, -0.25) is 14.5 Å². The molecule has 1 aliphatic heterocycles. The van der Waals surface area contributed by atoms with Crippen LogP contribution in [-0.4, -0.2) is 22.3 Å². The molecule has 0 atom stereocenters. The monoisotopic (exact) mass is 241 g/mol. The van der Waals surface area contributed by atoms with Gasteiger partial charge in [0.05, 0.1) is 11.1 Å². The van der Waals surface area contributed by atoms with E-state index in [1.807, 2.05) is 26.0 Å². The van der Waals surface area contributed by atoms with Crippen LogP contribution in [-0.2, 0) is 0 Å². The van der Waals surface area contributed by atoms with Gasteiger partial charge < -0.3 is 0 Å². The molecule has 0 aromatic heterocycles. The Labute approximate surface area is 107 Å². The number of imide groups is 1. The fraction of sp³-hybridized carbons (Fsp3) is 0.333. The Morgan fingerprint density at radius 3 is 1.78 bits per heavy atom.